The molecule has 3 N–H and O–H groups in total. The summed E-state index contributed by atoms with van der Waals surface area (Å²) in [6.45, 7) is 7.07. The molecule has 2 nitrogen and oxygen atoms in total. The van der Waals surface area contributed by atoms with Crippen LogP contribution in [0.4, 0.5) is 0 Å². The average Bonchev–Trinajstić information content (AvgIpc) is 2.34. The SMILES string of the molecule is CC(NCC(C)(C)N)c1cccc2ccccc12. The molecule has 1 atom stereocenters. The molecule has 1 unspecified atom stereocenters. The van der Waals surface area contributed by atoms with Gasteiger partial charge in [0.1, 0.15) is 0 Å². The van der Waals surface area contributed by atoms with Gasteiger partial charge >= 0.3 is 0 Å². The number of hydrogen-bond acceptors (Lipinski definition) is 2. The maximum absolute atomic E-state index is 6.01. The van der Waals surface area contributed by atoms with Crippen LogP contribution in [0, 0.1) is 0 Å². The molecule has 2 heteroatoms. The fourth-order valence-corrected chi connectivity index (χ4v) is 2.15. The number of hydrogen-bond donors (Lipinski definition) is 2. The Kier molecular flexibility index (Phi) is 3.69. The van der Waals surface area contributed by atoms with Crippen LogP contribution in [0.1, 0.15) is 32.4 Å². The summed E-state index contributed by atoms with van der Waals surface area (Å²) in [7, 11) is 0. The summed E-state index contributed by atoms with van der Waals surface area (Å²) in [6.07, 6.45) is 0. The van der Waals surface area contributed by atoms with Crippen LogP contribution in [0.15, 0.2) is 42.5 Å². The Morgan fingerprint density at radius 2 is 1.78 bits per heavy atom. The molecule has 0 saturated carbocycles. The summed E-state index contributed by atoms with van der Waals surface area (Å²) in [5.41, 5.74) is 7.16. The van der Waals surface area contributed by atoms with E-state index in [0.29, 0.717) is 6.04 Å². The number of nitrogens with one attached hydrogen (secondary N) is 1. The van der Waals surface area contributed by atoms with E-state index in [1.807, 2.05) is 13.8 Å². The minimum atomic E-state index is -0.182. The van der Waals surface area contributed by atoms with Crippen LogP contribution in [-0.4, -0.2) is 12.1 Å². The van der Waals surface area contributed by atoms with Gasteiger partial charge in [-0.1, -0.05) is 42.5 Å². The molecule has 0 aliphatic heterocycles. The molecule has 0 radical (unpaired) electrons. The van der Waals surface area contributed by atoms with Gasteiger partial charge in [0.05, 0.1) is 0 Å². The highest BCUT2D eigenvalue weighted by molar-refractivity contribution is 5.86. The van der Waals surface area contributed by atoms with Crippen molar-refractivity contribution in [2.75, 3.05) is 6.54 Å². The average molecular weight is 242 g/mol. The third kappa shape index (κ3) is 3.09. The first-order valence-corrected chi connectivity index (χ1v) is 6.47. The van der Waals surface area contributed by atoms with Crippen LogP contribution in [0.3, 0.4) is 0 Å². The molecular formula is C16H22N2. The van der Waals surface area contributed by atoms with Crippen molar-refractivity contribution >= 4 is 10.8 Å². The van der Waals surface area contributed by atoms with Gasteiger partial charge in [0.2, 0.25) is 0 Å². The third-order valence-electron chi connectivity index (χ3n) is 3.15. The van der Waals surface area contributed by atoms with Crippen LogP contribution >= 0.6 is 0 Å². The monoisotopic (exact) mass is 242 g/mol. The highest BCUT2D eigenvalue weighted by Crippen LogP contribution is 2.24. The molecule has 0 aliphatic rings. The molecule has 0 fully saturated rings. The quantitative estimate of drug-likeness (QED) is 0.864. The number of fused-ring (bicyclic) bond motifs is 1. The topological polar surface area (TPSA) is 38.0 Å². The minimum Gasteiger partial charge on any atom is -0.324 e. The van der Waals surface area contributed by atoms with Gasteiger partial charge < -0.3 is 11.1 Å². The van der Waals surface area contributed by atoms with Crippen LogP contribution < -0.4 is 11.1 Å². The zero-order valence-corrected chi connectivity index (χ0v) is 11.4. The lowest BCUT2D eigenvalue weighted by atomic mass is 9.99. The Bertz CT molecular complexity index is 521. The van der Waals surface area contributed by atoms with E-state index in [2.05, 4.69) is 54.7 Å². The Labute approximate surface area is 109 Å². The normalized spacial score (nSPS) is 13.8. The molecule has 0 aliphatic carbocycles. The Hall–Kier alpha value is -1.38. The van der Waals surface area contributed by atoms with E-state index in [1.54, 1.807) is 0 Å². The molecule has 0 saturated heterocycles. The van der Waals surface area contributed by atoms with Gasteiger partial charge in [0.25, 0.3) is 0 Å². The van der Waals surface area contributed by atoms with Crippen molar-refractivity contribution in [1.82, 2.24) is 5.32 Å². The number of benzene rings is 2. The Morgan fingerprint density at radius 3 is 2.50 bits per heavy atom. The Morgan fingerprint density at radius 1 is 1.11 bits per heavy atom. The smallest absolute Gasteiger partial charge is 0.0298 e. The van der Waals surface area contributed by atoms with Crippen molar-refractivity contribution in [3.63, 3.8) is 0 Å². The molecule has 0 heterocycles. The van der Waals surface area contributed by atoms with Gasteiger partial charge in [-0.25, -0.2) is 0 Å². The molecule has 2 aromatic carbocycles. The van der Waals surface area contributed by atoms with E-state index < -0.39 is 0 Å². The highest BCUT2D eigenvalue weighted by atomic mass is 14.9. The predicted molar refractivity (Wildman–Crippen MR) is 78.6 cm³/mol. The standard InChI is InChI=1S/C16H22N2/c1-12(18-11-16(2,3)17)14-10-6-8-13-7-4-5-9-15(13)14/h4-10,12,18H,11,17H2,1-3H3. The van der Waals surface area contributed by atoms with Crippen molar-refractivity contribution < 1.29 is 0 Å². The molecule has 0 amide bonds. The molecule has 18 heavy (non-hydrogen) atoms. The zero-order valence-electron chi connectivity index (χ0n) is 11.4. The minimum absolute atomic E-state index is 0.182. The van der Waals surface area contributed by atoms with Crippen molar-refractivity contribution in [3.8, 4) is 0 Å². The molecule has 0 bridgehead atoms. The first kappa shape index (κ1) is 13.1. The van der Waals surface area contributed by atoms with Crippen LogP contribution in [0.2, 0.25) is 0 Å². The van der Waals surface area contributed by atoms with Gasteiger partial charge in [-0.15, -0.1) is 0 Å². The third-order valence-corrected chi connectivity index (χ3v) is 3.15. The molecule has 2 aromatic rings. The van der Waals surface area contributed by atoms with E-state index >= 15 is 0 Å². The van der Waals surface area contributed by atoms with Gasteiger partial charge in [0.15, 0.2) is 0 Å². The van der Waals surface area contributed by atoms with E-state index in [-0.39, 0.29) is 5.54 Å². The van der Waals surface area contributed by atoms with Gasteiger partial charge in [-0.3, -0.25) is 0 Å². The highest BCUT2D eigenvalue weighted by Gasteiger charge is 2.14. The fourth-order valence-electron chi connectivity index (χ4n) is 2.15. The van der Waals surface area contributed by atoms with Crippen molar-refractivity contribution in [1.29, 1.82) is 0 Å². The first-order valence-electron chi connectivity index (χ1n) is 6.47. The van der Waals surface area contributed by atoms with Crippen LogP contribution in [0.5, 0.6) is 0 Å². The summed E-state index contributed by atoms with van der Waals surface area (Å²) in [5.74, 6) is 0. The van der Waals surface area contributed by atoms with Crippen LogP contribution in [0.25, 0.3) is 10.8 Å². The maximum Gasteiger partial charge on any atom is 0.0298 e. The maximum atomic E-state index is 6.01. The second-order valence-corrected chi connectivity index (χ2v) is 5.66. The molecular weight excluding hydrogens is 220 g/mol. The lowest BCUT2D eigenvalue weighted by molar-refractivity contribution is 0.435. The summed E-state index contributed by atoms with van der Waals surface area (Å²) >= 11 is 0. The molecule has 0 aromatic heterocycles. The van der Waals surface area contributed by atoms with Gasteiger partial charge in [0, 0.05) is 18.1 Å². The van der Waals surface area contributed by atoms with Crippen molar-refractivity contribution in [2.24, 2.45) is 5.73 Å². The Balaban J connectivity index is 2.25. The zero-order chi connectivity index (χ0) is 13.2. The molecule has 2 rings (SSSR count). The summed E-state index contributed by atoms with van der Waals surface area (Å²) in [6, 6.07) is 15.2. The second kappa shape index (κ2) is 5.09. The second-order valence-electron chi connectivity index (χ2n) is 5.66. The molecule has 96 valence electrons. The largest absolute Gasteiger partial charge is 0.324 e. The van der Waals surface area contributed by atoms with Crippen molar-refractivity contribution in [3.05, 3.63) is 48.0 Å². The van der Waals surface area contributed by atoms with E-state index in [9.17, 15) is 0 Å². The van der Waals surface area contributed by atoms with Crippen molar-refractivity contribution in [2.45, 2.75) is 32.4 Å². The summed E-state index contributed by atoms with van der Waals surface area (Å²) in [4.78, 5) is 0. The summed E-state index contributed by atoms with van der Waals surface area (Å²) < 4.78 is 0. The van der Waals surface area contributed by atoms with Gasteiger partial charge in [-0.05, 0) is 37.1 Å². The summed E-state index contributed by atoms with van der Waals surface area (Å²) in [5, 5.41) is 6.11. The van der Waals surface area contributed by atoms with E-state index in [4.69, 9.17) is 5.73 Å². The fraction of sp³-hybridized carbons (Fsp3) is 0.375. The van der Waals surface area contributed by atoms with E-state index in [1.165, 1.54) is 16.3 Å². The van der Waals surface area contributed by atoms with E-state index in [0.717, 1.165) is 6.54 Å². The lowest BCUT2D eigenvalue weighted by Gasteiger charge is -2.23. The predicted octanol–water partition coefficient (Wildman–Crippen LogP) is 3.23. The number of rotatable bonds is 4. The first-order chi connectivity index (χ1) is 8.47. The lowest BCUT2D eigenvalue weighted by Crippen LogP contribution is -2.43. The van der Waals surface area contributed by atoms with Crippen LogP contribution in [-0.2, 0) is 0 Å². The number of nitrogens with two attached hydrogens (primary N) is 1. The van der Waals surface area contributed by atoms with Gasteiger partial charge in [-0.2, -0.15) is 0 Å². The molecule has 0 spiro atoms.